The molecule has 0 amide bonds. The van der Waals surface area contributed by atoms with Gasteiger partial charge in [0.1, 0.15) is 11.5 Å². The lowest BCUT2D eigenvalue weighted by Crippen LogP contribution is -2.36. The van der Waals surface area contributed by atoms with E-state index >= 15 is 0 Å². The highest BCUT2D eigenvalue weighted by molar-refractivity contribution is 5.79. The van der Waals surface area contributed by atoms with Crippen LogP contribution >= 0.6 is 0 Å². The second-order valence-electron chi connectivity index (χ2n) is 6.08. The van der Waals surface area contributed by atoms with Crippen LogP contribution in [0, 0.1) is 6.92 Å². The van der Waals surface area contributed by atoms with Crippen molar-refractivity contribution in [3.63, 3.8) is 0 Å². The van der Waals surface area contributed by atoms with E-state index in [0.717, 1.165) is 28.3 Å². The fourth-order valence-corrected chi connectivity index (χ4v) is 2.62. The van der Waals surface area contributed by atoms with Gasteiger partial charge in [0.2, 0.25) is 0 Å². The van der Waals surface area contributed by atoms with Gasteiger partial charge in [0.15, 0.2) is 5.96 Å². The number of nitrogens with one attached hydrogen (secondary N) is 2. The number of aryl methyl sites for hydroxylation is 1. The summed E-state index contributed by atoms with van der Waals surface area (Å²) in [6.07, 6.45) is 1.78. The average Bonchev–Trinajstić information content (AvgIpc) is 2.71. The number of aliphatic imine (C=N–C) groups is 1. The number of hydrogen-bond donors (Lipinski definition) is 2. The van der Waals surface area contributed by atoms with E-state index in [0.29, 0.717) is 19.0 Å². The third-order valence-corrected chi connectivity index (χ3v) is 4.12. The lowest BCUT2D eigenvalue weighted by Gasteiger charge is -2.15. The lowest BCUT2D eigenvalue weighted by molar-refractivity contribution is 0.471. The van der Waals surface area contributed by atoms with Crippen molar-refractivity contribution in [3.05, 3.63) is 89.7 Å². The molecule has 1 aromatic heterocycles. The van der Waals surface area contributed by atoms with E-state index in [-0.39, 0.29) is 0 Å². The molecule has 138 valence electrons. The van der Waals surface area contributed by atoms with Crippen LogP contribution in [-0.2, 0) is 13.1 Å². The maximum atomic E-state index is 6.13. The minimum atomic E-state index is 0.601. The van der Waals surface area contributed by atoms with Gasteiger partial charge in [0.25, 0.3) is 0 Å². The van der Waals surface area contributed by atoms with Gasteiger partial charge in [-0.05, 0) is 36.8 Å². The first-order valence-electron chi connectivity index (χ1n) is 8.92. The van der Waals surface area contributed by atoms with Gasteiger partial charge in [0, 0.05) is 25.4 Å². The Labute approximate surface area is 160 Å². The number of benzene rings is 2. The minimum absolute atomic E-state index is 0.601. The number of hydrogen-bond acceptors (Lipinski definition) is 3. The van der Waals surface area contributed by atoms with Crippen molar-refractivity contribution in [3.8, 4) is 11.5 Å². The van der Waals surface area contributed by atoms with Crippen LogP contribution in [0.25, 0.3) is 0 Å². The molecule has 0 aliphatic rings. The number of para-hydroxylation sites is 2. The summed E-state index contributed by atoms with van der Waals surface area (Å²) in [6, 6.07) is 21.9. The van der Waals surface area contributed by atoms with Crippen molar-refractivity contribution in [2.45, 2.75) is 20.0 Å². The highest BCUT2D eigenvalue weighted by Crippen LogP contribution is 2.27. The first kappa shape index (κ1) is 18.5. The average molecular weight is 360 g/mol. The van der Waals surface area contributed by atoms with E-state index < -0.39 is 0 Å². The summed E-state index contributed by atoms with van der Waals surface area (Å²) >= 11 is 0. The van der Waals surface area contributed by atoms with Crippen molar-refractivity contribution in [2.75, 3.05) is 7.05 Å². The molecule has 3 aromatic rings. The van der Waals surface area contributed by atoms with Crippen LogP contribution in [-0.4, -0.2) is 18.0 Å². The Morgan fingerprint density at radius 2 is 1.59 bits per heavy atom. The molecule has 2 aromatic carbocycles. The standard InChI is InChI=1S/C22H24N4O/c1-17-9-3-5-12-20(17)27-21-13-6-4-10-18(21)15-25-22(23-2)26-16-19-11-7-8-14-24-19/h3-14H,15-16H2,1-2H3,(H2,23,25,26). The third-order valence-electron chi connectivity index (χ3n) is 4.12. The molecule has 1 heterocycles. The molecular formula is C22H24N4O. The van der Waals surface area contributed by atoms with Gasteiger partial charge in [-0.25, -0.2) is 0 Å². The zero-order valence-electron chi connectivity index (χ0n) is 15.6. The Balaban J connectivity index is 1.62. The number of guanidine groups is 1. The number of pyridine rings is 1. The molecule has 0 saturated heterocycles. The molecule has 5 nitrogen and oxygen atoms in total. The first-order valence-corrected chi connectivity index (χ1v) is 8.92. The van der Waals surface area contributed by atoms with Crippen LogP contribution < -0.4 is 15.4 Å². The minimum Gasteiger partial charge on any atom is -0.457 e. The second-order valence-corrected chi connectivity index (χ2v) is 6.08. The highest BCUT2D eigenvalue weighted by atomic mass is 16.5. The van der Waals surface area contributed by atoms with Crippen molar-refractivity contribution in [2.24, 2.45) is 4.99 Å². The normalized spacial score (nSPS) is 11.1. The number of ether oxygens (including phenoxy) is 1. The number of nitrogens with zero attached hydrogens (tertiary/aromatic N) is 2. The molecule has 2 N–H and O–H groups in total. The topological polar surface area (TPSA) is 58.5 Å². The number of aromatic nitrogens is 1. The molecule has 0 atom stereocenters. The second kappa shape index (κ2) is 9.38. The maximum Gasteiger partial charge on any atom is 0.191 e. The molecule has 0 unspecified atom stereocenters. The number of rotatable bonds is 6. The Bertz CT molecular complexity index is 894. The van der Waals surface area contributed by atoms with Gasteiger partial charge in [-0.3, -0.25) is 9.98 Å². The van der Waals surface area contributed by atoms with E-state index in [1.807, 2.05) is 73.7 Å². The monoisotopic (exact) mass is 360 g/mol. The van der Waals surface area contributed by atoms with Crippen LogP contribution in [0.15, 0.2) is 77.9 Å². The molecule has 0 spiro atoms. The van der Waals surface area contributed by atoms with Crippen LogP contribution in [0.3, 0.4) is 0 Å². The summed E-state index contributed by atoms with van der Waals surface area (Å²) < 4.78 is 6.13. The van der Waals surface area contributed by atoms with Crippen molar-refractivity contribution in [1.29, 1.82) is 0 Å². The smallest absolute Gasteiger partial charge is 0.191 e. The van der Waals surface area contributed by atoms with Gasteiger partial charge in [-0.1, -0.05) is 42.5 Å². The zero-order chi connectivity index (χ0) is 18.9. The fraction of sp³-hybridized carbons (Fsp3) is 0.182. The van der Waals surface area contributed by atoms with E-state index in [9.17, 15) is 0 Å². The molecule has 0 aliphatic heterocycles. The van der Waals surface area contributed by atoms with Gasteiger partial charge < -0.3 is 15.4 Å². The lowest BCUT2D eigenvalue weighted by atomic mass is 10.2. The van der Waals surface area contributed by atoms with Crippen molar-refractivity contribution in [1.82, 2.24) is 15.6 Å². The van der Waals surface area contributed by atoms with Crippen molar-refractivity contribution >= 4 is 5.96 Å². The van der Waals surface area contributed by atoms with E-state index in [4.69, 9.17) is 4.74 Å². The molecule has 0 bridgehead atoms. The summed E-state index contributed by atoms with van der Waals surface area (Å²) in [5.74, 6) is 2.41. The SMILES string of the molecule is CN=C(NCc1ccccn1)NCc1ccccc1Oc1ccccc1C. The Hall–Kier alpha value is -3.34. The van der Waals surface area contributed by atoms with E-state index in [2.05, 4.69) is 20.6 Å². The third kappa shape index (κ3) is 5.31. The molecule has 0 aliphatic carbocycles. The fourth-order valence-electron chi connectivity index (χ4n) is 2.62. The summed E-state index contributed by atoms with van der Waals surface area (Å²) in [7, 11) is 1.75. The van der Waals surface area contributed by atoms with Gasteiger partial charge in [0.05, 0.1) is 12.2 Å². The van der Waals surface area contributed by atoms with E-state index in [1.54, 1.807) is 13.2 Å². The Morgan fingerprint density at radius 1 is 0.889 bits per heavy atom. The van der Waals surface area contributed by atoms with Crippen LogP contribution in [0.2, 0.25) is 0 Å². The van der Waals surface area contributed by atoms with Crippen molar-refractivity contribution < 1.29 is 4.74 Å². The van der Waals surface area contributed by atoms with E-state index in [1.165, 1.54) is 0 Å². The van der Waals surface area contributed by atoms with Crippen LogP contribution in [0.5, 0.6) is 11.5 Å². The van der Waals surface area contributed by atoms with Gasteiger partial charge in [-0.15, -0.1) is 0 Å². The quantitative estimate of drug-likeness (QED) is 0.514. The maximum absolute atomic E-state index is 6.13. The van der Waals surface area contributed by atoms with Gasteiger partial charge in [-0.2, -0.15) is 0 Å². The Kier molecular flexibility index (Phi) is 6.41. The largest absolute Gasteiger partial charge is 0.457 e. The van der Waals surface area contributed by atoms with Crippen LogP contribution in [0.1, 0.15) is 16.8 Å². The molecular weight excluding hydrogens is 336 g/mol. The predicted octanol–water partition coefficient (Wildman–Crippen LogP) is 4.05. The highest BCUT2D eigenvalue weighted by Gasteiger charge is 2.07. The molecule has 0 saturated carbocycles. The molecule has 0 fully saturated rings. The zero-order valence-corrected chi connectivity index (χ0v) is 15.6. The molecule has 5 heteroatoms. The Morgan fingerprint density at radius 3 is 2.33 bits per heavy atom. The van der Waals surface area contributed by atoms with Crippen LogP contribution in [0.4, 0.5) is 0 Å². The van der Waals surface area contributed by atoms with Gasteiger partial charge >= 0.3 is 0 Å². The predicted molar refractivity (Wildman–Crippen MR) is 109 cm³/mol. The first-order chi connectivity index (χ1) is 13.3. The summed E-state index contributed by atoms with van der Waals surface area (Å²) in [5.41, 5.74) is 3.12. The molecule has 0 radical (unpaired) electrons. The summed E-state index contributed by atoms with van der Waals surface area (Å²) in [6.45, 7) is 3.26. The molecule has 3 rings (SSSR count). The summed E-state index contributed by atoms with van der Waals surface area (Å²) in [4.78, 5) is 8.58. The summed E-state index contributed by atoms with van der Waals surface area (Å²) in [5, 5.41) is 6.60. The molecule has 27 heavy (non-hydrogen) atoms.